The van der Waals surface area contributed by atoms with Gasteiger partial charge in [0, 0.05) is 44.1 Å². The van der Waals surface area contributed by atoms with Crippen LogP contribution in [0, 0.1) is 17.8 Å². The molecule has 225 valence electrons. The first-order valence-electron chi connectivity index (χ1n) is 15.1. The number of aromatic nitrogens is 2. The molecule has 0 saturated carbocycles. The summed E-state index contributed by atoms with van der Waals surface area (Å²) in [5, 5.41) is 9.51. The fraction of sp³-hybridized carbons (Fsp3) is 0.594. The van der Waals surface area contributed by atoms with Crippen molar-refractivity contribution in [1.82, 2.24) is 24.7 Å². The van der Waals surface area contributed by atoms with Crippen LogP contribution in [0.4, 0.5) is 5.82 Å². The maximum absolute atomic E-state index is 12.5. The van der Waals surface area contributed by atoms with Crippen molar-refractivity contribution >= 4 is 11.7 Å². The topological polar surface area (TPSA) is 98.1 Å². The SMILES string of the molecule is C=CC(=O)N1CCN(c2nc(OCC3CCCN3C)nc3c2CC[C@@H](OC2=C(C)C=C[CH]C2N(C)C)C3)CC1CC#N. The molecule has 0 aromatic carbocycles. The zero-order valence-corrected chi connectivity index (χ0v) is 25.5. The van der Waals surface area contributed by atoms with E-state index in [1.165, 1.54) is 12.5 Å². The Morgan fingerprint density at radius 2 is 2.07 bits per heavy atom. The molecule has 1 aromatic heterocycles. The van der Waals surface area contributed by atoms with Gasteiger partial charge in [-0.1, -0.05) is 18.7 Å². The molecular formula is C32H44N7O3. The lowest BCUT2D eigenvalue weighted by Crippen LogP contribution is -2.55. The molecule has 2 aliphatic carbocycles. The third-order valence-electron chi connectivity index (χ3n) is 8.98. The number of amides is 1. The van der Waals surface area contributed by atoms with Crippen molar-refractivity contribution in [3.8, 4) is 12.1 Å². The van der Waals surface area contributed by atoms with Crippen LogP contribution in [0.3, 0.4) is 0 Å². The molecule has 4 atom stereocenters. The van der Waals surface area contributed by atoms with E-state index in [2.05, 4.69) is 74.0 Å². The van der Waals surface area contributed by atoms with Gasteiger partial charge in [-0.05, 0) is 71.9 Å². The summed E-state index contributed by atoms with van der Waals surface area (Å²) >= 11 is 0. The number of ether oxygens (including phenoxy) is 2. The van der Waals surface area contributed by atoms with Crippen molar-refractivity contribution in [1.29, 1.82) is 5.26 Å². The van der Waals surface area contributed by atoms with E-state index in [0.29, 0.717) is 44.7 Å². The normalized spacial score (nSPS) is 26.3. The van der Waals surface area contributed by atoms with E-state index >= 15 is 0 Å². The summed E-state index contributed by atoms with van der Waals surface area (Å²) in [7, 11) is 6.27. The fourth-order valence-electron chi connectivity index (χ4n) is 6.52. The van der Waals surface area contributed by atoms with Crippen molar-refractivity contribution in [3.63, 3.8) is 0 Å². The Morgan fingerprint density at radius 1 is 1.24 bits per heavy atom. The van der Waals surface area contributed by atoms with E-state index in [-0.39, 0.29) is 30.5 Å². The van der Waals surface area contributed by atoms with Gasteiger partial charge in [-0.25, -0.2) is 0 Å². The molecule has 0 spiro atoms. The highest BCUT2D eigenvalue weighted by Crippen LogP contribution is 2.35. The number of likely N-dealkylation sites (tertiary alicyclic amines) is 1. The zero-order chi connectivity index (χ0) is 29.8. The van der Waals surface area contributed by atoms with Crippen LogP contribution < -0.4 is 9.64 Å². The molecule has 4 aliphatic rings. The van der Waals surface area contributed by atoms with Crippen molar-refractivity contribution < 1.29 is 14.3 Å². The summed E-state index contributed by atoms with van der Waals surface area (Å²) in [6.45, 7) is 9.03. The molecule has 3 unspecified atom stereocenters. The van der Waals surface area contributed by atoms with Crippen LogP contribution in [0.2, 0.25) is 0 Å². The predicted octanol–water partition coefficient (Wildman–Crippen LogP) is 2.92. The van der Waals surface area contributed by atoms with E-state index in [9.17, 15) is 10.1 Å². The maximum Gasteiger partial charge on any atom is 0.318 e. The second-order valence-corrected chi connectivity index (χ2v) is 12.0. The minimum Gasteiger partial charge on any atom is -0.492 e. The molecule has 2 fully saturated rings. The predicted molar refractivity (Wildman–Crippen MR) is 162 cm³/mol. The number of likely N-dealkylation sites (N-methyl/N-ethyl adjacent to an activating group) is 2. The number of hydrogen-bond donors (Lipinski definition) is 0. The average molecular weight is 575 g/mol. The van der Waals surface area contributed by atoms with Crippen LogP contribution in [-0.2, 0) is 22.4 Å². The van der Waals surface area contributed by atoms with Crippen LogP contribution in [0.15, 0.2) is 36.1 Å². The Bertz CT molecular complexity index is 1270. The molecule has 2 saturated heterocycles. The molecule has 1 radical (unpaired) electrons. The molecular weight excluding hydrogens is 530 g/mol. The first kappa shape index (κ1) is 30.1. The van der Waals surface area contributed by atoms with Crippen LogP contribution in [0.1, 0.15) is 43.9 Å². The Kier molecular flexibility index (Phi) is 9.49. The maximum atomic E-state index is 12.5. The number of allylic oxidation sites excluding steroid dienone is 2. The molecule has 0 N–H and O–H groups in total. The Labute approximate surface area is 250 Å². The number of anilines is 1. The van der Waals surface area contributed by atoms with Gasteiger partial charge in [0.1, 0.15) is 24.3 Å². The standard InChI is InChI=1S/C32H44N7O3/c1-6-29(40)39-18-17-38(20-23(39)14-15-33)31-26-13-12-25(42-30-22(2)9-7-11-28(30)36(3)4)19-27(26)34-32(35-31)41-21-24-10-8-16-37(24)5/h6-7,9,11,23-25,28H,1,8,10,12-14,16-21H2,2-5H3/t23?,24?,25-,28?/m1/s1. The molecule has 1 aromatic rings. The van der Waals surface area contributed by atoms with Crippen molar-refractivity contribution in [3.05, 3.63) is 53.8 Å². The highest BCUT2D eigenvalue weighted by Gasteiger charge is 2.35. The molecule has 0 bridgehead atoms. The molecule has 2 aliphatic heterocycles. The third-order valence-corrected chi connectivity index (χ3v) is 8.98. The zero-order valence-electron chi connectivity index (χ0n) is 25.5. The van der Waals surface area contributed by atoms with E-state index < -0.39 is 0 Å². The van der Waals surface area contributed by atoms with Gasteiger partial charge in [-0.2, -0.15) is 15.2 Å². The summed E-state index contributed by atoms with van der Waals surface area (Å²) in [5.41, 5.74) is 3.22. The van der Waals surface area contributed by atoms with Crippen LogP contribution in [0.25, 0.3) is 0 Å². The Balaban J connectivity index is 1.41. The van der Waals surface area contributed by atoms with Crippen LogP contribution in [-0.4, -0.2) is 109 Å². The number of nitrogens with zero attached hydrogens (tertiary/aromatic N) is 7. The summed E-state index contributed by atoms with van der Waals surface area (Å²) in [6, 6.07) is 2.87. The highest BCUT2D eigenvalue weighted by molar-refractivity contribution is 5.87. The number of rotatable bonds is 9. The first-order valence-corrected chi connectivity index (χ1v) is 15.1. The van der Waals surface area contributed by atoms with E-state index in [0.717, 1.165) is 54.2 Å². The van der Waals surface area contributed by atoms with Gasteiger partial charge < -0.3 is 24.2 Å². The van der Waals surface area contributed by atoms with Gasteiger partial charge >= 0.3 is 6.01 Å². The number of hydrogen-bond acceptors (Lipinski definition) is 9. The van der Waals surface area contributed by atoms with Gasteiger partial charge in [0.15, 0.2) is 0 Å². The molecule has 42 heavy (non-hydrogen) atoms. The summed E-state index contributed by atoms with van der Waals surface area (Å²) in [4.78, 5) is 30.9. The first-order chi connectivity index (χ1) is 20.3. The monoisotopic (exact) mass is 574 g/mol. The van der Waals surface area contributed by atoms with E-state index in [1.807, 2.05) is 0 Å². The van der Waals surface area contributed by atoms with Gasteiger partial charge in [0.05, 0.1) is 30.3 Å². The Morgan fingerprint density at radius 3 is 2.79 bits per heavy atom. The van der Waals surface area contributed by atoms with Crippen molar-refractivity contribution in [2.24, 2.45) is 0 Å². The minimum absolute atomic E-state index is 0.00485. The quantitative estimate of drug-likeness (QED) is 0.413. The molecule has 3 heterocycles. The minimum atomic E-state index is -0.232. The molecule has 1 amide bonds. The number of carbonyl (C=O) groups excluding carboxylic acids is 1. The van der Waals surface area contributed by atoms with Gasteiger partial charge in [0.2, 0.25) is 5.91 Å². The van der Waals surface area contributed by atoms with Crippen molar-refractivity contribution in [2.45, 2.75) is 69.7 Å². The van der Waals surface area contributed by atoms with Crippen LogP contribution >= 0.6 is 0 Å². The molecule has 10 nitrogen and oxygen atoms in total. The Hall–Kier alpha value is -3.42. The molecule has 10 heteroatoms. The van der Waals surface area contributed by atoms with Crippen LogP contribution in [0.5, 0.6) is 6.01 Å². The van der Waals surface area contributed by atoms with Gasteiger partial charge in [-0.3, -0.25) is 9.69 Å². The lowest BCUT2D eigenvalue weighted by molar-refractivity contribution is -0.128. The lowest BCUT2D eigenvalue weighted by Gasteiger charge is -2.42. The highest BCUT2D eigenvalue weighted by atomic mass is 16.5. The summed E-state index contributed by atoms with van der Waals surface area (Å²) in [6.07, 6.45) is 12.5. The number of piperazine rings is 1. The van der Waals surface area contributed by atoms with Crippen molar-refractivity contribution in [2.75, 3.05) is 58.8 Å². The largest absolute Gasteiger partial charge is 0.492 e. The number of fused-ring (bicyclic) bond motifs is 1. The second-order valence-electron chi connectivity index (χ2n) is 12.0. The summed E-state index contributed by atoms with van der Waals surface area (Å²) in [5.74, 6) is 1.71. The van der Waals surface area contributed by atoms with E-state index in [4.69, 9.17) is 19.4 Å². The third kappa shape index (κ3) is 6.47. The van der Waals surface area contributed by atoms with E-state index in [1.54, 1.807) is 4.90 Å². The smallest absolute Gasteiger partial charge is 0.318 e. The number of nitriles is 1. The molecule has 5 rings (SSSR count). The fourth-order valence-corrected chi connectivity index (χ4v) is 6.52. The second kappa shape index (κ2) is 13.3. The average Bonchev–Trinajstić information content (AvgIpc) is 3.40. The van der Waals surface area contributed by atoms with Gasteiger partial charge in [0.25, 0.3) is 0 Å². The van der Waals surface area contributed by atoms with Gasteiger partial charge in [-0.15, -0.1) is 0 Å². The lowest BCUT2D eigenvalue weighted by atomic mass is 9.92. The summed E-state index contributed by atoms with van der Waals surface area (Å²) < 4.78 is 13.0. The number of carbonyl (C=O) groups is 1.